The zero-order valence-corrected chi connectivity index (χ0v) is 11.9. The van der Waals surface area contributed by atoms with Crippen molar-refractivity contribution in [2.24, 2.45) is 0 Å². The molecule has 1 aromatic carbocycles. The second-order valence-corrected chi connectivity index (χ2v) is 4.84. The Morgan fingerprint density at radius 2 is 2.11 bits per heavy atom. The van der Waals surface area contributed by atoms with E-state index in [9.17, 15) is 4.39 Å². The maximum absolute atomic E-state index is 13.1. The van der Waals surface area contributed by atoms with Crippen LogP contribution in [0.15, 0.2) is 28.7 Å². The number of hydrogen-bond donors (Lipinski definition) is 1. The molecule has 18 heavy (non-hydrogen) atoms. The standard InChI is InChI=1S/C12H10BrClFN3/c1-2-11-17-10(14)6-12(18-11)16-7-3-4-9(15)8(13)5-7/h3-6H,2H2,1H3,(H,16,17,18). The van der Waals surface area contributed by atoms with Crippen molar-refractivity contribution in [1.82, 2.24) is 9.97 Å². The van der Waals surface area contributed by atoms with Crippen molar-refractivity contribution in [2.45, 2.75) is 13.3 Å². The number of aromatic nitrogens is 2. The molecule has 0 aliphatic rings. The van der Waals surface area contributed by atoms with Crippen LogP contribution in [0.2, 0.25) is 5.15 Å². The third-order valence-corrected chi connectivity index (χ3v) is 3.05. The lowest BCUT2D eigenvalue weighted by Gasteiger charge is -2.08. The summed E-state index contributed by atoms with van der Waals surface area (Å²) in [5, 5.41) is 3.44. The minimum Gasteiger partial charge on any atom is -0.340 e. The normalized spacial score (nSPS) is 10.4. The highest BCUT2D eigenvalue weighted by molar-refractivity contribution is 9.10. The van der Waals surface area contributed by atoms with Gasteiger partial charge in [-0.1, -0.05) is 18.5 Å². The van der Waals surface area contributed by atoms with Crippen LogP contribution in [0.1, 0.15) is 12.7 Å². The predicted octanol–water partition coefficient (Wildman–Crippen LogP) is 4.34. The van der Waals surface area contributed by atoms with Crippen molar-refractivity contribution in [3.05, 3.63) is 45.5 Å². The molecule has 0 aliphatic carbocycles. The average molecular weight is 331 g/mol. The molecule has 0 spiro atoms. The summed E-state index contributed by atoms with van der Waals surface area (Å²) in [7, 11) is 0. The predicted molar refractivity (Wildman–Crippen MR) is 73.8 cm³/mol. The Morgan fingerprint density at radius 3 is 2.78 bits per heavy atom. The number of nitrogens with zero attached hydrogens (tertiary/aromatic N) is 2. The first-order valence-electron chi connectivity index (χ1n) is 5.34. The molecular weight excluding hydrogens is 321 g/mol. The number of hydrogen-bond acceptors (Lipinski definition) is 3. The lowest BCUT2D eigenvalue weighted by molar-refractivity contribution is 0.621. The van der Waals surface area contributed by atoms with Crippen LogP contribution in [0.5, 0.6) is 0 Å². The van der Waals surface area contributed by atoms with Crippen LogP contribution in [0.3, 0.4) is 0 Å². The zero-order chi connectivity index (χ0) is 13.1. The molecule has 2 aromatic rings. The van der Waals surface area contributed by atoms with Crippen LogP contribution >= 0.6 is 27.5 Å². The van der Waals surface area contributed by atoms with Crippen molar-refractivity contribution in [2.75, 3.05) is 5.32 Å². The van der Waals surface area contributed by atoms with Gasteiger partial charge in [-0.2, -0.15) is 0 Å². The Labute approximate surface area is 118 Å². The molecule has 1 aromatic heterocycles. The minimum absolute atomic E-state index is 0.310. The lowest BCUT2D eigenvalue weighted by atomic mass is 10.3. The minimum atomic E-state index is -0.310. The summed E-state index contributed by atoms with van der Waals surface area (Å²) in [4.78, 5) is 8.35. The quantitative estimate of drug-likeness (QED) is 0.851. The second-order valence-electron chi connectivity index (χ2n) is 3.60. The van der Waals surface area contributed by atoms with Gasteiger partial charge in [0.25, 0.3) is 0 Å². The number of halogens is 3. The van der Waals surface area contributed by atoms with Crippen molar-refractivity contribution in [3.8, 4) is 0 Å². The molecule has 0 atom stereocenters. The maximum atomic E-state index is 13.1. The molecule has 0 unspecified atom stereocenters. The van der Waals surface area contributed by atoms with E-state index in [2.05, 4.69) is 31.2 Å². The van der Waals surface area contributed by atoms with Gasteiger partial charge in [0.15, 0.2) is 0 Å². The molecule has 0 saturated carbocycles. The highest BCUT2D eigenvalue weighted by Gasteiger charge is 2.04. The van der Waals surface area contributed by atoms with Gasteiger partial charge in [-0.3, -0.25) is 0 Å². The van der Waals surface area contributed by atoms with Crippen LogP contribution in [0.25, 0.3) is 0 Å². The van der Waals surface area contributed by atoms with E-state index in [4.69, 9.17) is 11.6 Å². The molecule has 1 N–H and O–H groups in total. The van der Waals surface area contributed by atoms with Crippen LogP contribution in [-0.2, 0) is 6.42 Å². The fourth-order valence-electron chi connectivity index (χ4n) is 1.41. The summed E-state index contributed by atoms with van der Waals surface area (Å²) in [5.41, 5.74) is 0.722. The van der Waals surface area contributed by atoms with Crippen LogP contribution in [-0.4, -0.2) is 9.97 Å². The molecule has 0 aliphatic heterocycles. The number of nitrogens with one attached hydrogen (secondary N) is 1. The van der Waals surface area contributed by atoms with Crippen molar-refractivity contribution < 1.29 is 4.39 Å². The summed E-state index contributed by atoms with van der Waals surface area (Å²) < 4.78 is 13.5. The summed E-state index contributed by atoms with van der Waals surface area (Å²) >= 11 is 9.02. The average Bonchev–Trinajstić information content (AvgIpc) is 2.33. The summed E-state index contributed by atoms with van der Waals surface area (Å²) in [6.07, 6.45) is 0.697. The van der Waals surface area contributed by atoms with Crippen LogP contribution in [0, 0.1) is 5.82 Å². The van der Waals surface area contributed by atoms with E-state index in [-0.39, 0.29) is 5.82 Å². The van der Waals surface area contributed by atoms with E-state index < -0.39 is 0 Å². The first-order valence-corrected chi connectivity index (χ1v) is 6.51. The Hall–Kier alpha value is -1.20. The molecule has 0 amide bonds. The van der Waals surface area contributed by atoms with Gasteiger partial charge in [-0.25, -0.2) is 14.4 Å². The SMILES string of the molecule is CCc1nc(Cl)cc(Nc2ccc(F)c(Br)c2)n1. The molecule has 3 nitrogen and oxygen atoms in total. The molecule has 1 heterocycles. The molecule has 0 saturated heterocycles. The highest BCUT2D eigenvalue weighted by atomic mass is 79.9. The van der Waals surface area contributed by atoms with Gasteiger partial charge >= 0.3 is 0 Å². The molecule has 94 valence electrons. The lowest BCUT2D eigenvalue weighted by Crippen LogP contribution is -1.99. The first-order chi connectivity index (χ1) is 8.58. The van der Waals surface area contributed by atoms with Gasteiger partial charge in [0.2, 0.25) is 0 Å². The van der Waals surface area contributed by atoms with E-state index in [1.807, 2.05) is 6.92 Å². The Bertz CT molecular complexity index is 577. The van der Waals surface area contributed by atoms with Gasteiger partial charge in [0, 0.05) is 18.2 Å². The van der Waals surface area contributed by atoms with Crippen LogP contribution in [0.4, 0.5) is 15.9 Å². The molecule has 0 fully saturated rings. The fraction of sp³-hybridized carbons (Fsp3) is 0.167. The fourth-order valence-corrected chi connectivity index (χ4v) is 1.99. The Morgan fingerprint density at radius 1 is 1.33 bits per heavy atom. The zero-order valence-electron chi connectivity index (χ0n) is 9.54. The van der Waals surface area contributed by atoms with Gasteiger partial charge in [0.1, 0.15) is 22.6 Å². The highest BCUT2D eigenvalue weighted by Crippen LogP contribution is 2.23. The van der Waals surface area contributed by atoms with Crippen molar-refractivity contribution in [3.63, 3.8) is 0 Å². The van der Waals surface area contributed by atoms with E-state index in [1.165, 1.54) is 6.07 Å². The number of aryl methyl sites for hydroxylation is 1. The Kier molecular flexibility index (Phi) is 4.14. The summed E-state index contributed by atoms with van der Waals surface area (Å²) in [6, 6.07) is 6.26. The van der Waals surface area contributed by atoms with Gasteiger partial charge in [-0.15, -0.1) is 0 Å². The van der Waals surface area contributed by atoms with Gasteiger partial charge < -0.3 is 5.32 Å². The third-order valence-electron chi connectivity index (χ3n) is 2.25. The van der Waals surface area contributed by atoms with E-state index in [0.717, 1.165) is 5.69 Å². The summed E-state index contributed by atoms with van der Waals surface area (Å²) in [5.74, 6) is 0.937. The van der Waals surface area contributed by atoms with Crippen molar-refractivity contribution >= 4 is 39.0 Å². The second kappa shape index (κ2) is 5.63. The molecule has 0 bridgehead atoms. The maximum Gasteiger partial charge on any atom is 0.137 e. The molecule has 2 rings (SSSR count). The van der Waals surface area contributed by atoms with E-state index >= 15 is 0 Å². The number of rotatable bonds is 3. The molecular formula is C12H10BrClFN3. The molecule has 6 heteroatoms. The summed E-state index contributed by atoms with van der Waals surface area (Å²) in [6.45, 7) is 1.95. The molecule has 0 radical (unpaired) electrons. The smallest absolute Gasteiger partial charge is 0.137 e. The Balaban J connectivity index is 2.27. The third kappa shape index (κ3) is 3.17. The van der Waals surface area contributed by atoms with Gasteiger partial charge in [-0.05, 0) is 34.1 Å². The first kappa shape index (κ1) is 13.2. The monoisotopic (exact) mass is 329 g/mol. The van der Waals surface area contributed by atoms with Crippen molar-refractivity contribution in [1.29, 1.82) is 0 Å². The number of benzene rings is 1. The topological polar surface area (TPSA) is 37.8 Å². The largest absolute Gasteiger partial charge is 0.340 e. The van der Waals surface area contributed by atoms with E-state index in [0.29, 0.717) is 27.7 Å². The number of anilines is 2. The van der Waals surface area contributed by atoms with E-state index in [1.54, 1.807) is 18.2 Å². The van der Waals surface area contributed by atoms with Crippen LogP contribution < -0.4 is 5.32 Å². The van der Waals surface area contributed by atoms with Gasteiger partial charge in [0.05, 0.1) is 4.47 Å².